The van der Waals surface area contributed by atoms with E-state index < -0.39 is 0 Å². The summed E-state index contributed by atoms with van der Waals surface area (Å²) in [4.78, 5) is 30.1. The number of anilines is 1. The van der Waals surface area contributed by atoms with Crippen molar-refractivity contribution in [3.63, 3.8) is 0 Å². The number of rotatable bonds is 5. The number of ether oxygens (including phenoxy) is 1. The van der Waals surface area contributed by atoms with E-state index >= 15 is 0 Å². The number of likely N-dealkylation sites (N-methyl/N-ethyl adjacent to an activating group) is 1. The summed E-state index contributed by atoms with van der Waals surface area (Å²) in [5.74, 6) is -0.146. The largest absolute Gasteiger partial charge is 0.483 e. The van der Waals surface area contributed by atoms with Crippen LogP contribution >= 0.6 is 0 Å². The molecule has 2 aromatic carbocycles. The second-order valence-corrected chi connectivity index (χ2v) is 6.83. The molecule has 0 aliphatic carbocycles. The van der Waals surface area contributed by atoms with E-state index in [9.17, 15) is 14.0 Å². The van der Waals surface area contributed by atoms with Gasteiger partial charge < -0.3 is 19.4 Å². The first-order valence-corrected chi connectivity index (χ1v) is 9.17. The van der Waals surface area contributed by atoms with Crippen LogP contribution in [0.5, 0.6) is 5.75 Å². The molecule has 0 unspecified atom stereocenters. The summed E-state index contributed by atoms with van der Waals surface area (Å²) in [6.07, 6.45) is 0. The summed E-state index contributed by atoms with van der Waals surface area (Å²) in [5, 5.41) is 0. The fourth-order valence-electron chi connectivity index (χ4n) is 3.03. The summed E-state index contributed by atoms with van der Waals surface area (Å²) in [6, 6.07) is 13.3. The van der Waals surface area contributed by atoms with Crippen LogP contribution in [-0.4, -0.2) is 68.5 Å². The van der Waals surface area contributed by atoms with Crippen LogP contribution in [0.15, 0.2) is 48.5 Å². The number of halogens is 1. The molecule has 28 heavy (non-hydrogen) atoms. The molecule has 1 aliphatic rings. The monoisotopic (exact) mass is 385 g/mol. The number of nitrogens with zero attached hydrogens (tertiary/aromatic N) is 3. The van der Waals surface area contributed by atoms with Crippen molar-refractivity contribution < 1.29 is 18.7 Å². The van der Waals surface area contributed by atoms with Crippen LogP contribution in [-0.2, 0) is 4.79 Å². The molecule has 3 rings (SSSR count). The minimum absolute atomic E-state index is 0.115. The zero-order valence-corrected chi connectivity index (χ0v) is 16.1. The average molecular weight is 385 g/mol. The fourth-order valence-corrected chi connectivity index (χ4v) is 3.03. The van der Waals surface area contributed by atoms with Crippen LogP contribution in [0.25, 0.3) is 0 Å². The summed E-state index contributed by atoms with van der Waals surface area (Å²) in [5.41, 5.74) is 1.39. The Hall–Kier alpha value is -3.09. The summed E-state index contributed by atoms with van der Waals surface area (Å²) in [7, 11) is 3.31. The van der Waals surface area contributed by atoms with Gasteiger partial charge in [0, 0.05) is 46.0 Å². The third-order valence-electron chi connectivity index (χ3n) is 4.73. The van der Waals surface area contributed by atoms with Gasteiger partial charge in [0.25, 0.3) is 11.8 Å². The SMILES string of the molecule is CN(C)C(=O)COc1ccccc1C(=O)N1CCN(c2ccc(F)cc2)CC1. The number of carbonyl (C=O) groups excluding carboxylic acids is 2. The zero-order valence-electron chi connectivity index (χ0n) is 16.1. The summed E-state index contributed by atoms with van der Waals surface area (Å²) < 4.78 is 18.7. The number of hydrogen-bond acceptors (Lipinski definition) is 4. The van der Waals surface area contributed by atoms with Gasteiger partial charge in [-0.15, -0.1) is 0 Å². The zero-order chi connectivity index (χ0) is 20.1. The molecule has 1 aliphatic heterocycles. The molecule has 1 fully saturated rings. The predicted octanol–water partition coefficient (Wildman–Crippen LogP) is 2.26. The van der Waals surface area contributed by atoms with Crippen molar-refractivity contribution in [2.45, 2.75) is 0 Å². The lowest BCUT2D eigenvalue weighted by Gasteiger charge is -2.36. The molecule has 0 spiro atoms. The quantitative estimate of drug-likeness (QED) is 0.792. The highest BCUT2D eigenvalue weighted by Gasteiger charge is 2.24. The van der Waals surface area contributed by atoms with Crippen LogP contribution < -0.4 is 9.64 Å². The number of piperazine rings is 1. The minimum atomic E-state index is -0.262. The third kappa shape index (κ3) is 4.60. The first-order valence-electron chi connectivity index (χ1n) is 9.17. The second kappa shape index (κ2) is 8.73. The molecule has 148 valence electrons. The van der Waals surface area contributed by atoms with Crippen LogP contribution in [0.4, 0.5) is 10.1 Å². The van der Waals surface area contributed by atoms with Gasteiger partial charge in [-0.05, 0) is 36.4 Å². The molecular weight excluding hydrogens is 361 g/mol. The first-order chi connectivity index (χ1) is 13.5. The second-order valence-electron chi connectivity index (χ2n) is 6.83. The van der Waals surface area contributed by atoms with E-state index in [-0.39, 0.29) is 24.2 Å². The van der Waals surface area contributed by atoms with Crippen LogP contribution in [0.1, 0.15) is 10.4 Å². The molecule has 2 amide bonds. The molecule has 0 saturated carbocycles. The number of benzene rings is 2. The highest BCUT2D eigenvalue weighted by atomic mass is 19.1. The summed E-state index contributed by atoms with van der Waals surface area (Å²) in [6.45, 7) is 2.33. The predicted molar refractivity (Wildman–Crippen MR) is 105 cm³/mol. The Balaban J connectivity index is 1.63. The molecule has 6 nitrogen and oxygen atoms in total. The van der Waals surface area contributed by atoms with Gasteiger partial charge in [0.05, 0.1) is 5.56 Å². The van der Waals surface area contributed by atoms with Gasteiger partial charge in [0.2, 0.25) is 0 Å². The minimum Gasteiger partial charge on any atom is -0.483 e. The fraction of sp³-hybridized carbons (Fsp3) is 0.333. The maximum Gasteiger partial charge on any atom is 0.259 e. The smallest absolute Gasteiger partial charge is 0.259 e. The number of carbonyl (C=O) groups is 2. The van der Waals surface area contributed by atoms with E-state index in [0.717, 1.165) is 5.69 Å². The normalized spacial score (nSPS) is 14.0. The Kier molecular flexibility index (Phi) is 6.13. The first kappa shape index (κ1) is 19.7. The standard InChI is InChI=1S/C21H24FN3O3/c1-23(2)20(26)15-28-19-6-4-3-5-18(19)21(27)25-13-11-24(12-14-25)17-9-7-16(22)8-10-17/h3-10H,11-15H2,1-2H3. The molecule has 0 bridgehead atoms. The lowest BCUT2D eigenvalue weighted by Crippen LogP contribution is -2.48. The molecule has 7 heteroatoms. The Morgan fingerprint density at radius 3 is 2.29 bits per heavy atom. The van der Waals surface area contributed by atoms with Crippen molar-refractivity contribution in [2.24, 2.45) is 0 Å². The van der Waals surface area contributed by atoms with Gasteiger partial charge in [-0.25, -0.2) is 4.39 Å². The van der Waals surface area contributed by atoms with Crippen molar-refractivity contribution in [2.75, 3.05) is 51.8 Å². The van der Waals surface area contributed by atoms with Gasteiger partial charge >= 0.3 is 0 Å². The van der Waals surface area contributed by atoms with E-state index in [1.165, 1.54) is 17.0 Å². The Labute approximate surface area is 164 Å². The van der Waals surface area contributed by atoms with Crippen molar-refractivity contribution in [3.05, 3.63) is 59.9 Å². The van der Waals surface area contributed by atoms with Crippen molar-refractivity contribution in [3.8, 4) is 5.75 Å². The van der Waals surface area contributed by atoms with Gasteiger partial charge in [-0.2, -0.15) is 0 Å². The molecule has 1 saturated heterocycles. The van der Waals surface area contributed by atoms with Crippen molar-refractivity contribution in [1.82, 2.24) is 9.80 Å². The van der Waals surface area contributed by atoms with Crippen molar-refractivity contribution in [1.29, 1.82) is 0 Å². The van der Waals surface area contributed by atoms with Gasteiger partial charge in [0.1, 0.15) is 11.6 Å². The highest BCUT2D eigenvalue weighted by Crippen LogP contribution is 2.22. The summed E-state index contributed by atoms with van der Waals surface area (Å²) >= 11 is 0. The van der Waals surface area contributed by atoms with Crippen molar-refractivity contribution >= 4 is 17.5 Å². The van der Waals surface area contributed by atoms with Gasteiger partial charge in [-0.3, -0.25) is 9.59 Å². The topological polar surface area (TPSA) is 53.1 Å². The highest BCUT2D eigenvalue weighted by molar-refractivity contribution is 5.97. The maximum absolute atomic E-state index is 13.1. The van der Waals surface area contributed by atoms with E-state index in [2.05, 4.69) is 4.90 Å². The number of para-hydroxylation sites is 1. The molecular formula is C21H24FN3O3. The molecule has 2 aromatic rings. The molecule has 0 atom stereocenters. The van der Waals surface area contributed by atoms with E-state index in [4.69, 9.17) is 4.74 Å². The number of hydrogen-bond donors (Lipinski definition) is 0. The van der Waals surface area contributed by atoms with Crippen LogP contribution in [0.3, 0.4) is 0 Å². The third-order valence-corrected chi connectivity index (χ3v) is 4.73. The van der Waals surface area contributed by atoms with Gasteiger partial charge in [-0.1, -0.05) is 12.1 Å². The number of amides is 2. The molecule has 0 aromatic heterocycles. The lowest BCUT2D eigenvalue weighted by atomic mass is 10.1. The van der Waals surface area contributed by atoms with Crippen LogP contribution in [0, 0.1) is 5.82 Å². The average Bonchev–Trinajstić information content (AvgIpc) is 2.72. The maximum atomic E-state index is 13.1. The van der Waals surface area contributed by atoms with Crippen LogP contribution in [0.2, 0.25) is 0 Å². The Morgan fingerprint density at radius 2 is 1.64 bits per heavy atom. The Morgan fingerprint density at radius 1 is 1.00 bits per heavy atom. The van der Waals surface area contributed by atoms with E-state index in [1.807, 2.05) is 0 Å². The van der Waals surface area contributed by atoms with E-state index in [1.54, 1.807) is 55.4 Å². The van der Waals surface area contributed by atoms with Gasteiger partial charge in [0.15, 0.2) is 6.61 Å². The molecule has 0 radical (unpaired) electrons. The molecule has 0 N–H and O–H groups in total. The Bertz CT molecular complexity index is 831. The lowest BCUT2D eigenvalue weighted by molar-refractivity contribution is -0.130. The molecule has 1 heterocycles. The van der Waals surface area contributed by atoms with E-state index in [0.29, 0.717) is 37.5 Å².